The quantitative estimate of drug-likeness (QED) is 0.840. The van der Waals surface area contributed by atoms with Gasteiger partial charge in [-0.3, -0.25) is 0 Å². The van der Waals surface area contributed by atoms with E-state index in [2.05, 4.69) is 32.2 Å². The normalized spacial score (nSPS) is 29.2. The van der Waals surface area contributed by atoms with Crippen LogP contribution in [0.15, 0.2) is 24.3 Å². The number of halogens is 1. The van der Waals surface area contributed by atoms with Crippen LogP contribution in [0, 0.1) is 23.6 Å². The lowest BCUT2D eigenvalue weighted by Gasteiger charge is -2.37. The molecule has 106 valence electrons. The van der Waals surface area contributed by atoms with Gasteiger partial charge in [-0.25, -0.2) is 4.39 Å². The molecule has 1 aromatic rings. The zero-order chi connectivity index (χ0) is 13.8. The van der Waals surface area contributed by atoms with Gasteiger partial charge in [0.1, 0.15) is 5.82 Å². The SMILES string of the molecule is CCNC(c1cccc(F)c1)C1CC(C)CC(C)C1. The van der Waals surface area contributed by atoms with Crippen LogP contribution < -0.4 is 5.32 Å². The van der Waals surface area contributed by atoms with Crippen LogP contribution in [-0.4, -0.2) is 6.54 Å². The van der Waals surface area contributed by atoms with E-state index in [4.69, 9.17) is 0 Å². The lowest BCUT2D eigenvalue weighted by atomic mass is 9.72. The fourth-order valence-corrected chi connectivity index (χ4v) is 3.76. The Morgan fingerprint density at radius 2 is 1.89 bits per heavy atom. The summed E-state index contributed by atoms with van der Waals surface area (Å²) in [5.74, 6) is 2.06. The number of hydrogen-bond donors (Lipinski definition) is 1. The Hall–Kier alpha value is -0.890. The first-order chi connectivity index (χ1) is 9.10. The van der Waals surface area contributed by atoms with Gasteiger partial charge in [0.2, 0.25) is 0 Å². The lowest BCUT2D eigenvalue weighted by Crippen LogP contribution is -2.33. The van der Waals surface area contributed by atoms with Crippen molar-refractivity contribution in [2.45, 2.75) is 46.1 Å². The summed E-state index contributed by atoms with van der Waals surface area (Å²) in [6.07, 6.45) is 3.83. The Morgan fingerprint density at radius 3 is 2.47 bits per heavy atom. The fraction of sp³-hybridized carbons (Fsp3) is 0.647. The molecule has 0 amide bonds. The summed E-state index contributed by atoms with van der Waals surface area (Å²) in [4.78, 5) is 0. The third kappa shape index (κ3) is 3.79. The summed E-state index contributed by atoms with van der Waals surface area (Å²) in [5, 5.41) is 3.57. The third-order valence-electron chi connectivity index (χ3n) is 4.32. The molecular formula is C17H26FN. The van der Waals surface area contributed by atoms with Crippen LogP contribution in [0.1, 0.15) is 51.6 Å². The molecule has 1 aromatic carbocycles. The van der Waals surface area contributed by atoms with E-state index in [0.717, 1.165) is 23.9 Å². The van der Waals surface area contributed by atoms with Crippen molar-refractivity contribution in [1.29, 1.82) is 0 Å². The first-order valence-electron chi connectivity index (χ1n) is 7.59. The van der Waals surface area contributed by atoms with Gasteiger partial charge >= 0.3 is 0 Å². The van der Waals surface area contributed by atoms with Crippen LogP contribution in [0.25, 0.3) is 0 Å². The van der Waals surface area contributed by atoms with Crippen LogP contribution in [0.4, 0.5) is 4.39 Å². The van der Waals surface area contributed by atoms with Crippen molar-refractivity contribution in [3.05, 3.63) is 35.6 Å². The van der Waals surface area contributed by atoms with Gasteiger partial charge in [0.25, 0.3) is 0 Å². The maximum atomic E-state index is 13.5. The summed E-state index contributed by atoms with van der Waals surface area (Å²) < 4.78 is 13.5. The smallest absolute Gasteiger partial charge is 0.123 e. The molecule has 0 radical (unpaired) electrons. The summed E-state index contributed by atoms with van der Waals surface area (Å²) in [6, 6.07) is 7.40. The molecule has 19 heavy (non-hydrogen) atoms. The van der Waals surface area contributed by atoms with Crippen LogP contribution >= 0.6 is 0 Å². The molecule has 0 bridgehead atoms. The fourth-order valence-electron chi connectivity index (χ4n) is 3.76. The predicted molar refractivity (Wildman–Crippen MR) is 78.5 cm³/mol. The second-order valence-electron chi connectivity index (χ2n) is 6.27. The van der Waals surface area contributed by atoms with Gasteiger partial charge in [-0.15, -0.1) is 0 Å². The van der Waals surface area contributed by atoms with Gasteiger partial charge in [0.05, 0.1) is 0 Å². The molecular weight excluding hydrogens is 237 g/mol. The summed E-state index contributed by atoms with van der Waals surface area (Å²) in [6.45, 7) is 7.75. The minimum Gasteiger partial charge on any atom is -0.310 e. The van der Waals surface area contributed by atoms with Crippen LogP contribution in [0.3, 0.4) is 0 Å². The molecule has 1 aliphatic rings. The Bertz CT molecular complexity index is 394. The molecule has 1 nitrogen and oxygen atoms in total. The van der Waals surface area contributed by atoms with Crippen molar-refractivity contribution in [2.75, 3.05) is 6.54 Å². The van der Waals surface area contributed by atoms with Crippen molar-refractivity contribution in [3.8, 4) is 0 Å². The molecule has 0 heterocycles. The lowest BCUT2D eigenvalue weighted by molar-refractivity contribution is 0.177. The maximum Gasteiger partial charge on any atom is 0.123 e. The van der Waals surface area contributed by atoms with Crippen molar-refractivity contribution < 1.29 is 4.39 Å². The molecule has 0 aromatic heterocycles. The Morgan fingerprint density at radius 1 is 1.21 bits per heavy atom. The van der Waals surface area contributed by atoms with Crippen molar-refractivity contribution in [3.63, 3.8) is 0 Å². The highest BCUT2D eigenvalue weighted by molar-refractivity contribution is 5.21. The van der Waals surface area contributed by atoms with E-state index in [1.54, 1.807) is 6.07 Å². The molecule has 0 saturated heterocycles. The van der Waals surface area contributed by atoms with Gasteiger partial charge in [-0.05, 0) is 61.3 Å². The van der Waals surface area contributed by atoms with Crippen molar-refractivity contribution in [2.24, 2.45) is 17.8 Å². The molecule has 1 fully saturated rings. The van der Waals surface area contributed by atoms with Gasteiger partial charge in [0.15, 0.2) is 0 Å². The highest BCUT2D eigenvalue weighted by atomic mass is 19.1. The minimum atomic E-state index is -0.127. The van der Waals surface area contributed by atoms with E-state index in [1.165, 1.54) is 25.3 Å². The van der Waals surface area contributed by atoms with Gasteiger partial charge in [0, 0.05) is 6.04 Å². The molecule has 0 aliphatic heterocycles. The molecule has 1 saturated carbocycles. The van der Waals surface area contributed by atoms with Crippen molar-refractivity contribution in [1.82, 2.24) is 5.32 Å². The Labute approximate surface area is 116 Å². The van der Waals surface area contributed by atoms with E-state index in [1.807, 2.05) is 6.07 Å². The first-order valence-corrected chi connectivity index (χ1v) is 7.59. The summed E-state index contributed by atoms with van der Waals surface area (Å²) in [7, 11) is 0. The van der Waals surface area contributed by atoms with E-state index in [-0.39, 0.29) is 5.82 Å². The third-order valence-corrected chi connectivity index (χ3v) is 4.32. The molecule has 3 atom stereocenters. The molecule has 3 unspecified atom stereocenters. The second-order valence-corrected chi connectivity index (χ2v) is 6.27. The van der Waals surface area contributed by atoms with E-state index < -0.39 is 0 Å². The first kappa shape index (κ1) is 14.5. The van der Waals surface area contributed by atoms with Gasteiger partial charge < -0.3 is 5.32 Å². The van der Waals surface area contributed by atoms with Crippen LogP contribution in [0.5, 0.6) is 0 Å². The zero-order valence-corrected chi connectivity index (χ0v) is 12.3. The topological polar surface area (TPSA) is 12.0 Å². The molecule has 1 aliphatic carbocycles. The molecule has 2 rings (SSSR count). The Kier molecular flexibility index (Phi) is 4.98. The maximum absolute atomic E-state index is 13.5. The molecule has 2 heteroatoms. The average Bonchev–Trinajstić information content (AvgIpc) is 2.34. The number of rotatable bonds is 4. The average molecular weight is 263 g/mol. The van der Waals surface area contributed by atoms with Crippen LogP contribution in [0.2, 0.25) is 0 Å². The summed E-state index contributed by atoms with van der Waals surface area (Å²) >= 11 is 0. The number of hydrogen-bond acceptors (Lipinski definition) is 1. The summed E-state index contributed by atoms with van der Waals surface area (Å²) in [5.41, 5.74) is 1.10. The van der Waals surface area contributed by atoms with Gasteiger partial charge in [-0.2, -0.15) is 0 Å². The highest BCUT2D eigenvalue weighted by Crippen LogP contribution is 2.39. The molecule has 0 spiro atoms. The molecule has 1 N–H and O–H groups in total. The monoisotopic (exact) mass is 263 g/mol. The van der Waals surface area contributed by atoms with E-state index >= 15 is 0 Å². The van der Waals surface area contributed by atoms with Crippen LogP contribution in [-0.2, 0) is 0 Å². The second kappa shape index (κ2) is 6.51. The zero-order valence-electron chi connectivity index (χ0n) is 12.3. The van der Waals surface area contributed by atoms with Crippen molar-refractivity contribution >= 4 is 0 Å². The largest absolute Gasteiger partial charge is 0.310 e. The highest BCUT2D eigenvalue weighted by Gasteiger charge is 2.30. The van der Waals surface area contributed by atoms with E-state index in [0.29, 0.717) is 12.0 Å². The standard InChI is InChI=1S/C17H26FN/c1-4-19-17(14-6-5-7-16(18)11-14)15-9-12(2)8-13(3)10-15/h5-7,11-13,15,17,19H,4,8-10H2,1-3H3. The number of nitrogens with one attached hydrogen (secondary N) is 1. The minimum absolute atomic E-state index is 0.127. The van der Waals surface area contributed by atoms with E-state index in [9.17, 15) is 4.39 Å². The van der Waals surface area contributed by atoms with Gasteiger partial charge in [-0.1, -0.05) is 32.9 Å². The Balaban J connectivity index is 2.19. The number of benzene rings is 1. The predicted octanol–water partition coefficient (Wildman–Crippen LogP) is 4.55.